The van der Waals surface area contributed by atoms with Crippen molar-refractivity contribution >= 4 is 29.1 Å². The fourth-order valence-electron chi connectivity index (χ4n) is 2.29. The lowest BCUT2D eigenvalue weighted by Gasteiger charge is -2.11. The van der Waals surface area contributed by atoms with Gasteiger partial charge in [-0.25, -0.2) is 0 Å². The SMILES string of the molecule is CCCNc1cc(Nc2cc(C)[nH]n2)nc(OCc2cccc(Cl)c2)n1. The second kappa shape index (κ2) is 8.53. The van der Waals surface area contributed by atoms with Gasteiger partial charge in [0, 0.05) is 29.4 Å². The number of aromatic amines is 1. The quantitative estimate of drug-likeness (QED) is 0.546. The molecule has 1 aromatic carbocycles. The van der Waals surface area contributed by atoms with Crippen molar-refractivity contribution in [2.45, 2.75) is 26.9 Å². The third-order valence-corrected chi connectivity index (χ3v) is 3.72. The standard InChI is InChI=1S/C18H21ClN6O/c1-3-7-20-15-10-16(21-17-8-12(2)24-25-17)23-18(22-15)26-11-13-5-4-6-14(19)9-13/h4-6,8-10H,3,7,11H2,1-2H3,(H3,20,21,22,23,24,25). The van der Waals surface area contributed by atoms with Crippen molar-refractivity contribution in [3.8, 4) is 6.01 Å². The molecule has 0 radical (unpaired) electrons. The van der Waals surface area contributed by atoms with Crippen molar-refractivity contribution in [2.24, 2.45) is 0 Å². The van der Waals surface area contributed by atoms with E-state index in [-0.39, 0.29) is 6.01 Å². The second-order valence-corrected chi connectivity index (χ2v) is 6.26. The van der Waals surface area contributed by atoms with Crippen molar-refractivity contribution in [1.29, 1.82) is 0 Å². The Labute approximate surface area is 157 Å². The lowest BCUT2D eigenvalue weighted by Crippen LogP contribution is -2.07. The molecule has 136 valence electrons. The molecule has 3 rings (SSSR count). The number of ether oxygens (including phenoxy) is 1. The Morgan fingerprint density at radius 1 is 1.12 bits per heavy atom. The zero-order valence-electron chi connectivity index (χ0n) is 14.7. The molecule has 0 atom stereocenters. The Bertz CT molecular complexity index is 866. The van der Waals surface area contributed by atoms with Gasteiger partial charge in [-0.1, -0.05) is 30.7 Å². The van der Waals surface area contributed by atoms with Crippen LogP contribution in [0.1, 0.15) is 24.6 Å². The van der Waals surface area contributed by atoms with Gasteiger partial charge in [-0.15, -0.1) is 0 Å². The summed E-state index contributed by atoms with van der Waals surface area (Å²) in [5, 5.41) is 14.1. The summed E-state index contributed by atoms with van der Waals surface area (Å²) < 4.78 is 5.76. The van der Waals surface area contributed by atoms with Gasteiger partial charge in [-0.2, -0.15) is 15.1 Å². The molecule has 0 aliphatic rings. The molecule has 0 aliphatic heterocycles. The first-order valence-electron chi connectivity index (χ1n) is 8.41. The zero-order valence-corrected chi connectivity index (χ0v) is 15.5. The summed E-state index contributed by atoms with van der Waals surface area (Å²) >= 11 is 6.01. The molecule has 0 saturated carbocycles. The first-order valence-corrected chi connectivity index (χ1v) is 8.79. The Morgan fingerprint density at radius 3 is 2.69 bits per heavy atom. The van der Waals surface area contributed by atoms with E-state index >= 15 is 0 Å². The highest BCUT2D eigenvalue weighted by Crippen LogP contribution is 2.20. The first-order chi connectivity index (χ1) is 12.6. The molecule has 0 spiro atoms. The third kappa shape index (κ3) is 5.10. The number of anilines is 3. The highest BCUT2D eigenvalue weighted by molar-refractivity contribution is 6.30. The van der Waals surface area contributed by atoms with E-state index in [0.717, 1.165) is 24.2 Å². The van der Waals surface area contributed by atoms with E-state index in [9.17, 15) is 0 Å². The van der Waals surface area contributed by atoms with Crippen molar-refractivity contribution in [2.75, 3.05) is 17.2 Å². The molecule has 0 saturated heterocycles. The molecule has 3 N–H and O–H groups in total. The average Bonchev–Trinajstić information content (AvgIpc) is 3.03. The van der Waals surface area contributed by atoms with Gasteiger partial charge in [0.05, 0.1) is 0 Å². The van der Waals surface area contributed by atoms with Crippen molar-refractivity contribution in [3.63, 3.8) is 0 Å². The van der Waals surface area contributed by atoms with Crippen LogP contribution in [0.3, 0.4) is 0 Å². The van der Waals surface area contributed by atoms with Crippen LogP contribution in [0.5, 0.6) is 6.01 Å². The molecule has 8 heteroatoms. The number of halogens is 1. The van der Waals surface area contributed by atoms with Crippen LogP contribution in [-0.4, -0.2) is 26.7 Å². The average molecular weight is 373 g/mol. The molecule has 0 fully saturated rings. The minimum atomic E-state index is 0.279. The molecule has 0 unspecified atom stereocenters. The minimum Gasteiger partial charge on any atom is -0.458 e. The van der Waals surface area contributed by atoms with Gasteiger partial charge in [0.15, 0.2) is 5.82 Å². The zero-order chi connectivity index (χ0) is 18.4. The van der Waals surface area contributed by atoms with E-state index < -0.39 is 0 Å². The fourth-order valence-corrected chi connectivity index (χ4v) is 2.50. The Morgan fingerprint density at radius 2 is 1.96 bits per heavy atom. The molecule has 0 amide bonds. The summed E-state index contributed by atoms with van der Waals surface area (Å²) in [6.07, 6.45) is 0.990. The number of aryl methyl sites for hydroxylation is 1. The second-order valence-electron chi connectivity index (χ2n) is 5.83. The highest BCUT2D eigenvalue weighted by atomic mass is 35.5. The maximum atomic E-state index is 6.01. The summed E-state index contributed by atoms with van der Waals surface area (Å²) in [4.78, 5) is 8.82. The molecule has 0 bridgehead atoms. The number of H-pyrrole nitrogens is 1. The van der Waals surface area contributed by atoms with Crippen LogP contribution in [0.4, 0.5) is 17.5 Å². The molecule has 7 nitrogen and oxygen atoms in total. The van der Waals surface area contributed by atoms with Crippen LogP contribution >= 0.6 is 11.6 Å². The van der Waals surface area contributed by atoms with E-state index in [1.165, 1.54) is 0 Å². The van der Waals surface area contributed by atoms with Crippen molar-refractivity contribution < 1.29 is 4.74 Å². The predicted molar refractivity (Wildman–Crippen MR) is 103 cm³/mol. The predicted octanol–water partition coefficient (Wildman–Crippen LogP) is 4.31. The molecule has 26 heavy (non-hydrogen) atoms. The van der Waals surface area contributed by atoms with Crippen LogP contribution in [-0.2, 0) is 6.61 Å². The molecular formula is C18H21ClN6O. The van der Waals surface area contributed by atoms with Crippen molar-refractivity contribution in [3.05, 3.63) is 52.7 Å². The molecular weight excluding hydrogens is 352 g/mol. The van der Waals surface area contributed by atoms with E-state index in [1.807, 2.05) is 43.3 Å². The van der Waals surface area contributed by atoms with Gasteiger partial charge < -0.3 is 15.4 Å². The number of rotatable bonds is 8. The van der Waals surface area contributed by atoms with Gasteiger partial charge in [0.1, 0.15) is 18.2 Å². The van der Waals surface area contributed by atoms with E-state index in [2.05, 4.69) is 37.7 Å². The number of hydrogen-bond donors (Lipinski definition) is 3. The summed E-state index contributed by atoms with van der Waals surface area (Å²) in [6.45, 7) is 5.17. The number of benzene rings is 1. The van der Waals surface area contributed by atoms with E-state index in [1.54, 1.807) is 0 Å². The lowest BCUT2D eigenvalue weighted by atomic mass is 10.2. The third-order valence-electron chi connectivity index (χ3n) is 3.48. The topological polar surface area (TPSA) is 87.8 Å². The monoisotopic (exact) mass is 372 g/mol. The minimum absolute atomic E-state index is 0.279. The molecule has 2 heterocycles. The summed E-state index contributed by atoms with van der Waals surface area (Å²) in [5.41, 5.74) is 1.91. The normalized spacial score (nSPS) is 10.6. The Hall–Kier alpha value is -2.80. The summed E-state index contributed by atoms with van der Waals surface area (Å²) in [7, 11) is 0. The molecule has 2 aromatic heterocycles. The van der Waals surface area contributed by atoms with Crippen molar-refractivity contribution in [1.82, 2.24) is 20.2 Å². The Kier molecular flexibility index (Phi) is 5.91. The molecule has 3 aromatic rings. The van der Waals surface area contributed by atoms with E-state index in [0.29, 0.717) is 29.1 Å². The van der Waals surface area contributed by atoms with Gasteiger partial charge in [-0.05, 0) is 31.0 Å². The number of aromatic nitrogens is 4. The summed E-state index contributed by atoms with van der Waals surface area (Å²) in [5.74, 6) is 1.98. The van der Waals surface area contributed by atoms with Gasteiger partial charge in [-0.3, -0.25) is 5.10 Å². The van der Waals surface area contributed by atoms with Crippen LogP contribution < -0.4 is 15.4 Å². The van der Waals surface area contributed by atoms with Crippen LogP contribution in [0.15, 0.2) is 36.4 Å². The smallest absolute Gasteiger partial charge is 0.320 e. The van der Waals surface area contributed by atoms with Crippen LogP contribution in [0.2, 0.25) is 5.02 Å². The maximum Gasteiger partial charge on any atom is 0.320 e. The van der Waals surface area contributed by atoms with Gasteiger partial charge in [0.25, 0.3) is 0 Å². The van der Waals surface area contributed by atoms with E-state index in [4.69, 9.17) is 16.3 Å². The highest BCUT2D eigenvalue weighted by Gasteiger charge is 2.08. The summed E-state index contributed by atoms with van der Waals surface area (Å²) in [6, 6.07) is 11.5. The first kappa shape index (κ1) is 18.0. The van der Waals surface area contributed by atoms with Gasteiger partial charge in [0.2, 0.25) is 0 Å². The Balaban J connectivity index is 1.77. The number of nitrogens with one attached hydrogen (secondary N) is 3. The fraction of sp³-hybridized carbons (Fsp3) is 0.278. The van der Waals surface area contributed by atoms with Crippen LogP contribution in [0.25, 0.3) is 0 Å². The van der Waals surface area contributed by atoms with Gasteiger partial charge >= 0.3 is 6.01 Å². The van der Waals surface area contributed by atoms with Crippen LogP contribution in [0, 0.1) is 6.92 Å². The molecule has 0 aliphatic carbocycles. The maximum absolute atomic E-state index is 6.01. The number of hydrogen-bond acceptors (Lipinski definition) is 6. The number of nitrogens with zero attached hydrogens (tertiary/aromatic N) is 3. The largest absolute Gasteiger partial charge is 0.458 e. The lowest BCUT2D eigenvalue weighted by molar-refractivity contribution is 0.281.